The van der Waals surface area contributed by atoms with Crippen molar-refractivity contribution in [3.05, 3.63) is 74.0 Å². The number of fused-ring (bicyclic) bond motifs is 1. The fraction of sp³-hybridized carbons (Fsp3) is 0.182. The van der Waals surface area contributed by atoms with Crippen molar-refractivity contribution in [1.82, 2.24) is 13.7 Å². The Morgan fingerprint density at radius 1 is 0.867 bits per heavy atom. The first kappa shape index (κ1) is 20.0. The average molecular weight is 470 g/mol. The molecule has 0 saturated carbocycles. The first-order valence-electron chi connectivity index (χ1n) is 9.16. The van der Waals surface area contributed by atoms with Gasteiger partial charge in [-0.15, -0.1) is 0 Å². The molecule has 0 saturated heterocycles. The van der Waals surface area contributed by atoms with Crippen molar-refractivity contribution in [2.75, 3.05) is 14.2 Å². The summed E-state index contributed by atoms with van der Waals surface area (Å²) < 4.78 is 16.2. The van der Waals surface area contributed by atoms with Crippen LogP contribution in [0.5, 0.6) is 11.5 Å². The van der Waals surface area contributed by atoms with Gasteiger partial charge in [0, 0.05) is 36.5 Å². The lowest BCUT2D eigenvalue weighted by molar-refractivity contribution is 0.355. The molecule has 30 heavy (non-hydrogen) atoms. The van der Waals surface area contributed by atoms with E-state index in [1.54, 1.807) is 33.5 Å². The van der Waals surface area contributed by atoms with E-state index in [9.17, 15) is 9.59 Å². The Bertz CT molecular complexity index is 1380. The van der Waals surface area contributed by atoms with E-state index in [-0.39, 0.29) is 11.2 Å². The quantitative estimate of drug-likeness (QED) is 0.458. The number of nitrogens with zero attached hydrogens (tertiary/aromatic N) is 3. The number of hydrogen-bond acceptors (Lipinski definition) is 4. The molecule has 4 rings (SSSR count). The Kier molecular flexibility index (Phi) is 5.03. The first-order valence-corrected chi connectivity index (χ1v) is 9.96. The van der Waals surface area contributed by atoms with Gasteiger partial charge < -0.3 is 14.0 Å². The Morgan fingerprint density at radius 2 is 1.53 bits per heavy atom. The minimum atomic E-state index is -0.376. The number of ether oxygens (including phenoxy) is 2. The smallest absolute Gasteiger partial charge is 0.330 e. The van der Waals surface area contributed by atoms with Crippen LogP contribution in [0, 0.1) is 0 Å². The summed E-state index contributed by atoms with van der Waals surface area (Å²) in [6.07, 6.45) is 1.80. The third-order valence-electron chi connectivity index (χ3n) is 5.20. The molecule has 0 N–H and O–H groups in total. The highest BCUT2D eigenvalue weighted by atomic mass is 79.9. The molecule has 4 aromatic rings. The molecule has 2 aromatic carbocycles. The Hall–Kier alpha value is -3.26. The fourth-order valence-electron chi connectivity index (χ4n) is 3.61. The lowest BCUT2D eigenvalue weighted by Crippen LogP contribution is -2.36. The molecule has 0 radical (unpaired) electrons. The van der Waals surface area contributed by atoms with Crippen molar-refractivity contribution < 1.29 is 9.47 Å². The van der Waals surface area contributed by atoms with Crippen LogP contribution in [-0.4, -0.2) is 27.9 Å². The van der Waals surface area contributed by atoms with Gasteiger partial charge in [-0.3, -0.25) is 13.9 Å². The van der Waals surface area contributed by atoms with Crippen LogP contribution in [0.15, 0.2) is 62.7 Å². The second-order valence-corrected chi connectivity index (χ2v) is 7.78. The molecule has 0 bridgehead atoms. The molecule has 0 aliphatic heterocycles. The number of methoxy groups -OCH3 is 2. The van der Waals surface area contributed by atoms with Crippen molar-refractivity contribution in [1.29, 1.82) is 0 Å². The maximum absolute atomic E-state index is 13.1. The van der Waals surface area contributed by atoms with Gasteiger partial charge in [-0.1, -0.05) is 28.1 Å². The molecule has 0 amide bonds. The number of benzene rings is 2. The summed E-state index contributed by atoms with van der Waals surface area (Å²) in [5, 5.41) is 0.469. The molecule has 2 aromatic heterocycles. The van der Waals surface area contributed by atoms with Crippen LogP contribution in [0.1, 0.15) is 0 Å². The highest BCUT2D eigenvalue weighted by molar-refractivity contribution is 9.10. The van der Waals surface area contributed by atoms with E-state index in [0.29, 0.717) is 28.1 Å². The zero-order chi connectivity index (χ0) is 21.6. The van der Waals surface area contributed by atoms with Crippen molar-refractivity contribution >= 4 is 26.8 Å². The minimum absolute atomic E-state index is 0.342. The van der Waals surface area contributed by atoms with E-state index in [1.165, 1.54) is 11.6 Å². The van der Waals surface area contributed by atoms with E-state index < -0.39 is 0 Å². The van der Waals surface area contributed by atoms with Gasteiger partial charge in [-0.25, -0.2) is 4.79 Å². The lowest BCUT2D eigenvalue weighted by Gasteiger charge is -2.13. The summed E-state index contributed by atoms with van der Waals surface area (Å²) in [6, 6.07) is 13.2. The minimum Gasteiger partial charge on any atom is -0.493 e. The van der Waals surface area contributed by atoms with Gasteiger partial charge in [0.2, 0.25) is 0 Å². The molecule has 0 spiro atoms. The van der Waals surface area contributed by atoms with Crippen LogP contribution in [-0.2, 0) is 14.1 Å². The first-order chi connectivity index (χ1) is 14.4. The third-order valence-corrected chi connectivity index (χ3v) is 5.73. The number of rotatable bonds is 4. The standard InChI is InChI=1S/C22H20BrN3O4/c1-24-16-12-26(15-9-10-17(29-3)18(11-15)30-4)20(13-5-7-14(23)8-6-13)19(16)21(27)25(2)22(24)28/h5-12H,1-4H3. The van der Waals surface area contributed by atoms with E-state index in [4.69, 9.17) is 9.47 Å². The summed E-state index contributed by atoms with van der Waals surface area (Å²) in [7, 11) is 6.30. The second-order valence-electron chi connectivity index (χ2n) is 6.86. The van der Waals surface area contributed by atoms with Crippen molar-refractivity contribution in [2.24, 2.45) is 14.1 Å². The number of aromatic nitrogens is 3. The zero-order valence-corrected chi connectivity index (χ0v) is 18.6. The Labute approximate surface area is 180 Å². The maximum atomic E-state index is 13.1. The van der Waals surface area contributed by atoms with Crippen LogP contribution in [0.4, 0.5) is 0 Å². The Balaban J connectivity index is 2.15. The van der Waals surface area contributed by atoms with Gasteiger partial charge in [-0.2, -0.15) is 0 Å². The zero-order valence-electron chi connectivity index (χ0n) is 17.0. The van der Waals surface area contributed by atoms with Gasteiger partial charge in [0.05, 0.1) is 30.8 Å². The molecule has 0 unspecified atom stereocenters. The predicted octanol–water partition coefficient (Wildman–Crippen LogP) is 3.47. The van der Waals surface area contributed by atoms with Gasteiger partial charge in [0.1, 0.15) is 0 Å². The molecule has 154 valence electrons. The number of hydrogen-bond donors (Lipinski definition) is 0. The highest BCUT2D eigenvalue weighted by Crippen LogP contribution is 2.35. The summed E-state index contributed by atoms with van der Waals surface area (Å²) in [5.74, 6) is 1.17. The maximum Gasteiger partial charge on any atom is 0.330 e. The summed E-state index contributed by atoms with van der Waals surface area (Å²) in [5.41, 5.74) is 2.15. The van der Waals surface area contributed by atoms with Crippen LogP contribution in [0.3, 0.4) is 0 Å². The van der Waals surface area contributed by atoms with Crippen LogP contribution in [0.25, 0.3) is 27.8 Å². The van der Waals surface area contributed by atoms with Crippen molar-refractivity contribution in [3.63, 3.8) is 0 Å². The van der Waals surface area contributed by atoms with Crippen molar-refractivity contribution in [2.45, 2.75) is 0 Å². The number of halogens is 1. The van der Waals surface area contributed by atoms with Crippen LogP contribution >= 0.6 is 15.9 Å². The molecule has 7 nitrogen and oxygen atoms in total. The van der Waals surface area contributed by atoms with E-state index in [0.717, 1.165) is 20.3 Å². The van der Waals surface area contributed by atoms with Gasteiger partial charge in [-0.05, 0) is 29.8 Å². The molecule has 2 heterocycles. The second kappa shape index (κ2) is 7.53. The monoisotopic (exact) mass is 469 g/mol. The van der Waals surface area contributed by atoms with Gasteiger partial charge in [0.25, 0.3) is 5.56 Å². The van der Waals surface area contributed by atoms with E-state index in [1.807, 2.05) is 41.0 Å². The van der Waals surface area contributed by atoms with E-state index in [2.05, 4.69) is 15.9 Å². The van der Waals surface area contributed by atoms with Crippen molar-refractivity contribution in [3.8, 4) is 28.4 Å². The molecule has 0 aliphatic rings. The third kappa shape index (κ3) is 3.04. The summed E-state index contributed by atoms with van der Waals surface area (Å²) in [4.78, 5) is 25.6. The van der Waals surface area contributed by atoms with Gasteiger partial charge >= 0.3 is 5.69 Å². The Morgan fingerprint density at radius 3 is 2.17 bits per heavy atom. The molecular weight excluding hydrogens is 450 g/mol. The highest BCUT2D eigenvalue weighted by Gasteiger charge is 2.21. The SMILES string of the molecule is COc1ccc(-n2cc3c(c2-c2ccc(Br)cc2)c(=O)n(C)c(=O)n3C)cc1OC. The fourth-order valence-corrected chi connectivity index (χ4v) is 3.87. The summed E-state index contributed by atoms with van der Waals surface area (Å²) >= 11 is 3.46. The molecule has 0 atom stereocenters. The molecule has 0 fully saturated rings. The normalized spacial score (nSPS) is 11.1. The van der Waals surface area contributed by atoms with Crippen LogP contribution < -0.4 is 20.7 Å². The topological polar surface area (TPSA) is 67.4 Å². The average Bonchev–Trinajstić information content (AvgIpc) is 3.17. The van der Waals surface area contributed by atoms with Crippen LogP contribution in [0.2, 0.25) is 0 Å². The molecule has 0 aliphatic carbocycles. The molecular formula is C22H20BrN3O4. The lowest BCUT2D eigenvalue weighted by atomic mass is 10.1. The largest absolute Gasteiger partial charge is 0.493 e. The predicted molar refractivity (Wildman–Crippen MR) is 120 cm³/mol. The summed E-state index contributed by atoms with van der Waals surface area (Å²) in [6.45, 7) is 0. The van der Waals surface area contributed by atoms with E-state index >= 15 is 0 Å². The number of aryl methyl sites for hydroxylation is 1. The molecule has 8 heteroatoms. The van der Waals surface area contributed by atoms with Gasteiger partial charge in [0.15, 0.2) is 11.5 Å².